The molecule has 8 nitrogen and oxygen atoms in total. The maximum atomic E-state index is 11.1. The summed E-state index contributed by atoms with van der Waals surface area (Å²) in [6.45, 7) is 2.47. The van der Waals surface area contributed by atoms with E-state index in [1.165, 1.54) is 17.0 Å². The minimum atomic E-state index is -0.424. The second kappa shape index (κ2) is 8.87. The topological polar surface area (TPSA) is 98.3 Å². The molecule has 2 aromatic carbocycles. The average molecular weight is 395 g/mol. The van der Waals surface area contributed by atoms with Gasteiger partial charge < -0.3 is 4.74 Å². The van der Waals surface area contributed by atoms with E-state index >= 15 is 0 Å². The van der Waals surface area contributed by atoms with Crippen molar-refractivity contribution in [3.8, 4) is 17.1 Å². The van der Waals surface area contributed by atoms with Gasteiger partial charge in [-0.25, -0.2) is 5.10 Å². The van der Waals surface area contributed by atoms with Crippen LogP contribution in [0.4, 0.5) is 5.69 Å². The van der Waals surface area contributed by atoms with E-state index in [9.17, 15) is 10.1 Å². The number of aromatic amines is 1. The molecule has 0 atom stereocenters. The monoisotopic (exact) mass is 395 g/mol. The molecule has 3 aromatic rings. The molecule has 9 heteroatoms. The smallest absolute Gasteiger partial charge is 0.276 e. The first-order valence-electron chi connectivity index (χ1n) is 8.45. The molecule has 0 radical (unpaired) electrons. The van der Waals surface area contributed by atoms with Crippen molar-refractivity contribution in [3.05, 3.63) is 75.1 Å². The molecule has 1 heterocycles. The van der Waals surface area contributed by atoms with Gasteiger partial charge in [-0.3, -0.25) is 10.1 Å². The molecule has 0 fully saturated rings. The van der Waals surface area contributed by atoms with Crippen LogP contribution in [-0.4, -0.2) is 32.6 Å². The van der Waals surface area contributed by atoms with Crippen molar-refractivity contribution in [1.29, 1.82) is 0 Å². The number of aromatic nitrogens is 3. The number of hydrogen-bond acceptors (Lipinski definition) is 6. The zero-order chi connectivity index (χ0) is 19.9. The number of hydrogen-bond donors (Lipinski definition) is 1. The molecule has 1 aromatic heterocycles. The highest BCUT2D eigenvalue weighted by atomic mass is 32.1. The van der Waals surface area contributed by atoms with E-state index in [4.69, 9.17) is 17.0 Å². The zero-order valence-electron chi connectivity index (χ0n) is 15.0. The Bertz CT molecular complexity index is 1100. The van der Waals surface area contributed by atoms with Crippen molar-refractivity contribution in [2.24, 2.45) is 5.10 Å². The Morgan fingerprint density at radius 1 is 1.32 bits per heavy atom. The quantitative estimate of drug-likeness (QED) is 0.276. The van der Waals surface area contributed by atoms with E-state index in [2.05, 4.69) is 15.3 Å². The number of nitrogens with one attached hydrogen (secondary N) is 1. The summed E-state index contributed by atoms with van der Waals surface area (Å²) in [5.74, 6) is 1.25. The molecule has 0 bridgehead atoms. The summed E-state index contributed by atoms with van der Waals surface area (Å²) in [4.78, 5) is 10.6. The Kier molecular flexibility index (Phi) is 6.07. The van der Waals surface area contributed by atoms with Crippen molar-refractivity contribution >= 4 is 30.2 Å². The summed E-state index contributed by atoms with van der Waals surface area (Å²) in [6.07, 6.45) is 4.72. The van der Waals surface area contributed by atoms with Gasteiger partial charge >= 0.3 is 0 Å². The molecule has 3 rings (SSSR count). The number of nitro groups is 1. The molecular weight excluding hydrogens is 378 g/mol. The average Bonchev–Trinajstić information content (AvgIpc) is 3.06. The van der Waals surface area contributed by atoms with Crippen LogP contribution in [0.5, 0.6) is 5.75 Å². The normalized spacial score (nSPS) is 11.3. The largest absolute Gasteiger partial charge is 0.494 e. The zero-order valence-corrected chi connectivity index (χ0v) is 15.8. The Morgan fingerprint density at radius 2 is 2.14 bits per heavy atom. The Morgan fingerprint density at radius 3 is 2.93 bits per heavy atom. The molecule has 0 spiro atoms. The lowest BCUT2D eigenvalue weighted by Gasteiger charge is -2.05. The van der Waals surface area contributed by atoms with Gasteiger partial charge in [0.2, 0.25) is 4.77 Å². The third-order valence-corrected chi connectivity index (χ3v) is 4.00. The van der Waals surface area contributed by atoms with Gasteiger partial charge in [0.1, 0.15) is 5.75 Å². The van der Waals surface area contributed by atoms with Crippen LogP contribution in [0.15, 0.2) is 59.7 Å². The van der Waals surface area contributed by atoms with Crippen molar-refractivity contribution in [3.63, 3.8) is 0 Å². The van der Waals surface area contributed by atoms with Crippen molar-refractivity contribution < 1.29 is 9.66 Å². The van der Waals surface area contributed by atoms with E-state index in [0.29, 0.717) is 22.8 Å². The number of ether oxygens (including phenoxy) is 1. The minimum absolute atomic E-state index is 0.0282. The number of H-pyrrole nitrogens is 1. The lowest BCUT2D eigenvalue weighted by Crippen LogP contribution is -1.95. The van der Waals surface area contributed by atoms with Crippen LogP contribution < -0.4 is 4.74 Å². The number of rotatable bonds is 7. The summed E-state index contributed by atoms with van der Waals surface area (Å²) in [5.41, 5.74) is 1.30. The highest BCUT2D eigenvalue weighted by molar-refractivity contribution is 7.71. The lowest BCUT2D eigenvalue weighted by atomic mass is 10.2. The van der Waals surface area contributed by atoms with Crippen LogP contribution in [0, 0.1) is 14.9 Å². The number of nitrogens with zero attached hydrogens (tertiary/aromatic N) is 4. The summed E-state index contributed by atoms with van der Waals surface area (Å²) in [7, 11) is 0. The Hall–Kier alpha value is -3.59. The molecule has 0 saturated carbocycles. The number of para-hydroxylation sites is 1. The molecule has 0 amide bonds. The molecule has 142 valence electrons. The van der Waals surface area contributed by atoms with Crippen molar-refractivity contribution in [2.45, 2.75) is 6.92 Å². The Balaban J connectivity index is 1.86. The predicted octanol–water partition coefficient (Wildman–Crippen LogP) is 4.46. The highest BCUT2D eigenvalue weighted by Gasteiger charge is 2.10. The van der Waals surface area contributed by atoms with Gasteiger partial charge in [-0.15, -0.1) is 0 Å². The summed E-state index contributed by atoms with van der Waals surface area (Å²) in [5, 5.41) is 22.3. The van der Waals surface area contributed by atoms with Gasteiger partial charge in [-0.05, 0) is 49.5 Å². The van der Waals surface area contributed by atoms with Crippen molar-refractivity contribution in [1.82, 2.24) is 14.9 Å². The maximum Gasteiger partial charge on any atom is 0.276 e. The van der Waals surface area contributed by atoms with Gasteiger partial charge in [0.05, 0.1) is 17.1 Å². The second-order valence-corrected chi connectivity index (χ2v) is 5.95. The first kappa shape index (κ1) is 19.2. The lowest BCUT2D eigenvalue weighted by molar-refractivity contribution is -0.385. The van der Waals surface area contributed by atoms with Crippen molar-refractivity contribution in [2.75, 3.05) is 6.61 Å². The summed E-state index contributed by atoms with van der Waals surface area (Å²) >= 11 is 5.24. The van der Waals surface area contributed by atoms with Crippen LogP contribution in [0.2, 0.25) is 0 Å². The van der Waals surface area contributed by atoms with Gasteiger partial charge in [-0.2, -0.15) is 14.9 Å². The van der Waals surface area contributed by atoms with Gasteiger partial charge in [-0.1, -0.05) is 24.3 Å². The minimum Gasteiger partial charge on any atom is -0.494 e. The first-order valence-corrected chi connectivity index (χ1v) is 8.86. The van der Waals surface area contributed by atoms with Crippen LogP contribution in [0.1, 0.15) is 12.5 Å². The third kappa shape index (κ3) is 4.38. The molecular formula is C19H17N5O3S. The standard InChI is InChI=1S/C19H17N5O3S/c1-2-27-16-10-5-8-15(13-16)18-21-22-19(28)23(18)20-12-6-9-14-7-3-4-11-17(14)24(25)26/h3-13H,2H2,1H3,(H,22,28)/b9-6+,20-12+. The maximum absolute atomic E-state index is 11.1. The molecule has 1 N–H and O–H groups in total. The molecule has 0 unspecified atom stereocenters. The SMILES string of the molecule is CCOc1cccc(-c2n[nH]c(=S)n2/N=C/C=C/c2ccccc2[N+](=O)[O-])c1. The van der Waals surface area contributed by atoms with Crippen LogP contribution in [0.25, 0.3) is 17.5 Å². The summed E-state index contributed by atoms with van der Waals surface area (Å²) < 4.78 is 7.32. The van der Waals surface area contributed by atoms with E-state index in [-0.39, 0.29) is 5.69 Å². The summed E-state index contributed by atoms with van der Waals surface area (Å²) in [6, 6.07) is 13.9. The second-order valence-electron chi connectivity index (χ2n) is 5.56. The fourth-order valence-corrected chi connectivity index (χ4v) is 2.70. The Labute approximate surface area is 165 Å². The molecule has 0 aliphatic heterocycles. The number of benzene rings is 2. The van der Waals surface area contributed by atoms with Gasteiger partial charge in [0, 0.05) is 17.8 Å². The van der Waals surface area contributed by atoms with E-state index in [1.807, 2.05) is 31.2 Å². The van der Waals surface area contributed by atoms with E-state index < -0.39 is 4.92 Å². The van der Waals surface area contributed by atoms with Crippen LogP contribution >= 0.6 is 12.2 Å². The van der Waals surface area contributed by atoms with E-state index in [1.54, 1.807) is 30.4 Å². The van der Waals surface area contributed by atoms with Crippen LogP contribution in [-0.2, 0) is 0 Å². The predicted molar refractivity (Wildman–Crippen MR) is 110 cm³/mol. The molecule has 0 aliphatic rings. The van der Waals surface area contributed by atoms with Crippen LogP contribution in [0.3, 0.4) is 0 Å². The van der Waals surface area contributed by atoms with E-state index in [0.717, 1.165) is 11.3 Å². The van der Waals surface area contributed by atoms with Gasteiger partial charge in [0.15, 0.2) is 5.82 Å². The highest BCUT2D eigenvalue weighted by Crippen LogP contribution is 2.22. The first-order chi connectivity index (χ1) is 13.6. The number of allylic oxidation sites excluding steroid dienone is 1. The molecule has 28 heavy (non-hydrogen) atoms. The van der Waals surface area contributed by atoms with Gasteiger partial charge in [0.25, 0.3) is 5.69 Å². The molecule has 0 aliphatic carbocycles. The fourth-order valence-electron chi connectivity index (χ4n) is 2.52. The molecule has 0 saturated heterocycles. The number of nitro benzene ring substituents is 1. The third-order valence-electron chi connectivity index (χ3n) is 3.73. The fraction of sp³-hybridized carbons (Fsp3) is 0.105.